The van der Waals surface area contributed by atoms with Crippen molar-refractivity contribution in [1.82, 2.24) is 15.2 Å². The van der Waals surface area contributed by atoms with Gasteiger partial charge in [0.05, 0.1) is 11.6 Å². The Labute approximate surface area is 230 Å². The Kier molecular flexibility index (Phi) is 7.64. The highest BCUT2D eigenvalue weighted by atomic mass is 19.4. The standard InChI is InChI=1S/C31H29F3N4O2/c32-31(33,34)24-10-8-20(9-11-24)26-18-22(27-7-4-15-36-27)17-23-19-38(16-14-25(23)26)30(40)37-28(12-13-29(35)39)21-5-2-1-3-6-21/h1-11,15,17-18,28,36H,12-14,16,19H2,(H2,35,39)(H,37,40)/t28-/m0/s1. The number of halogens is 3. The van der Waals surface area contributed by atoms with E-state index in [9.17, 15) is 22.8 Å². The van der Waals surface area contributed by atoms with Gasteiger partial charge in [-0.2, -0.15) is 13.2 Å². The van der Waals surface area contributed by atoms with Crippen molar-refractivity contribution in [3.63, 3.8) is 0 Å². The number of nitrogens with zero attached hydrogens (tertiary/aromatic N) is 1. The van der Waals surface area contributed by atoms with Gasteiger partial charge in [0.1, 0.15) is 0 Å². The third kappa shape index (κ3) is 6.03. The lowest BCUT2D eigenvalue weighted by molar-refractivity contribution is -0.137. The molecular weight excluding hydrogens is 517 g/mol. The van der Waals surface area contributed by atoms with Crippen molar-refractivity contribution in [2.45, 2.75) is 38.0 Å². The monoisotopic (exact) mass is 546 g/mol. The van der Waals surface area contributed by atoms with Crippen LogP contribution in [0.4, 0.5) is 18.0 Å². The number of nitrogens with two attached hydrogens (primary N) is 1. The maximum Gasteiger partial charge on any atom is 0.416 e. The van der Waals surface area contributed by atoms with E-state index >= 15 is 0 Å². The molecule has 40 heavy (non-hydrogen) atoms. The number of rotatable bonds is 7. The summed E-state index contributed by atoms with van der Waals surface area (Å²) in [6.07, 6.45) is -1.54. The molecule has 0 bridgehead atoms. The topological polar surface area (TPSA) is 91.2 Å². The molecule has 0 aliphatic carbocycles. The van der Waals surface area contributed by atoms with Crippen LogP contribution in [0, 0.1) is 0 Å². The number of aromatic nitrogens is 1. The fraction of sp³-hybridized carbons (Fsp3) is 0.226. The average Bonchev–Trinajstić information content (AvgIpc) is 3.49. The Hall–Kier alpha value is -4.53. The van der Waals surface area contributed by atoms with Crippen LogP contribution in [0.25, 0.3) is 22.4 Å². The summed E-state index contributed by atoms with van der Waals surface area (Å²) in [6, 6.07) is 21.8. The molecule has 0 spiro atoms. The van der Waals surface area contributed by atoms with Gasteiger partial charge in [0.2, 0.25) is 5.91 Å². The van der Waals surface area contributed by atoms with Crippen molar-refractivity contribution in [1.29, 1.82) is 0 Å². The Morgan fingerprint density at radius 2 is 1.73 bits per heavy atom. The molecule has 1 aromatic heterocycles. The SMILES string of the molecule is NC(=O)CC[C@H](NC(=O)N1CCc2c(cc(-c3ccc[nH]3)cc2-c2ccc(C(F)(F)F)cc2)C1)c1ccccc1. The second-order valence-electron chi connectivity index (χ2n) is 9.91. The van der Waals surface area contributed by atoms with E-state index in [1.54, 1.807) is 4.90 Å². The van der Waals surface area contributed by atoms with Crippen LogP contribution < -0.4 is 11.1 Å². The van der Waals surface area contributed by atoms with Gasteiger partial charge in [-0.25, -0.2) is 4.79 Å². The molecule has 3 amide bonds. The second-order valence-corrected chi connectivity index (χ2v) is 9.91. The number of H-pyrrole nitrogens is 1. The number of alkyl halides is 3. The van der Waals surface area contributed by atoms with Gasteiger partial charge < -0.3 is 20.9 Å². The van der Waals surface area contributed by atoms with E-state index in [-0.39, 0.29) is 18.5 Å². The minimum Gasteiger partial charge on any atom is -0.370 e. The smallest absolute Gasteiger partial charge is 0.370 e. The summed E-state index contributed by atoms with van der Waals surface area (Å²) >= 11 is 0. The molecule has 4 N–H and O–H groups in total. The summed E-state index contributed by atoms with van der Waals surface area (Å²) in [7, 11) is 0. The maximum atomic E-state index is 13.4. The Morgan fingerprint density at radius 1 is 0.975 bits per heavy atom. The van der Waals surface area contributed by atoms with Gasteiger partial charge in [-0.1, -0.05) is 42.5 Å². The van der Waals surface area contributed by atoms with E-state index in [4.69, 9.17) is 5.73 Å². The molecule has 6 nitrogen and oxygen atoms in total. The molecular formula is C31H29F3N4O2. The van der Waals surface area contributed by atoms with Crippen LogP contribution in [0.2, 0.25) is 0 Å². The van der Waals surface area contributed by atoms with Crippen LogP contribution in [-0.2, 0) is 23.9 Å². The summed E-state index contributed by atoms with van der Waals surface area (Å²) in [6.45, 7) is 0.770. The number of aromatic amines is 1. The summed E-state index contributed by atoms with van der Waals surface area (Å²) in [5.74, 6) is -0.435. The van der Waals surface area contributed by atoms with Gasteiger partial charge in [0.25, 0.3) is 0 Å². The lowest BCUT2D eigenvalue weighted by Gasteiger charge is -2.32. The number of nitrogens with one attached hydrogen (secondary N) is 2. The van der Waals surface area contributed by atoms with Crippen molar-refractivity contribution in [3.8, 4) is 22.4 Å². The Bertz CT molecular complexity index is 1480. The molecule has 9 heteroatoms. The number of carbonyl (C=O) groups is 2. The highest BCUT2D eigenvalue weighted by molar-refractivity contribution is 5.79. The molecule has 1 atom stereocenters. The number of urea groups is 1. The molecule has 2 heterocycles. The highest BCUT2D eigenvalue weighted by Crippen LogP contribution is 2.37. The first kappa shape index (κ1) is 27.1. The second kappa shape index (κ2) is 11.3. The van der Waals surface area contributed by atoms with Crippen LogP contribution in [0.3, 0.4) is 0 Å². The maximum absolute atomic E-state index is 13.4. The minimum atomic E-state index is -4.41. The summed E-state index contributed by atoms with van der Waals surface area (Å²) in [5.41, 5.74) is 10.8. The van der Waals surface area contributed by atoms with Crippen molar-refractivity contribution in [2.75, 3.05) is 6.54 Å². The zero-order valence-corrected chi connectivity index (χ0v) is 21.7. The van der Waals surface area contributed by atoms with E-state index in [1.165, 1.54) is 12.1 Å². The molecule has 0 fully saturated rings. The van der Waals surface area contributed by atoms with Crippen LogP contribution in [0.1, 0.15) is 41.1 Å². The van der Waals surface area contributed by atoms with Gasteiger partial charge in [-0.15, -0.1) is 0 Å². The predicted octanol–water partition coefficient (Wildman–Crippen LogP) is 6.44. The van der Waals surface area contributed by atoms with Gasteiger partial charge in [-0.3, -0.25) is 4.79 Å². The molecule has 1 aliphatic rings. The van der Waals surface area contributed by atoms with Crippen molar-refractivity contribution in [3.05, 3.63) is 107 Å². The van der Waals surface area contributed by atoms with E-state index in [1.807, 2.05) is 60.8 Å². The van der Waals surface area contributed by atoms with Crippen LogP contribution in [0.5, 0.6) is 0 Å². The minimum absolute atomic E-state index is 0.138. The molecule has 206 valence electrons. The summed E-state index contributed by atoms with van der Waals surface area (Å²) < 4.78 is 39.5. The molecule has 5 rings (SSSR count). The van der Waals surface area contributed by atoms with Gasteiger partial charge in [0.15, 0.2) is 0 Å². The van der Waals surface area contributed by atoms with Crippen LogP contribution in [-0.4, -0.2) is 28.4 Å². The number of amides is 3. The third-order valence-electron chi connectivity index (χ3n) is 7.23. The fourth-order valence-corrected chi connectivity index (χ4v) is 5.17. The zero-order valence-electron chi connectivity index (χ0n) is 21.7. The van der Waals surface area contributed by atoms with E-state index in [2.05, 4.69) is 10.3 Å². The highest BCUT2D eigenvalue weighted by Gasteiger charge is 2.31. The molecule has 0 radical (unpaired) electrons. The fourth-order valence-electron chi connectivity index (χ4n) is 5.17. The number of carbonyl (C=O) groups excluding carboxylic acids is 2. The molecule has 0 saturated heterocycles. The van der Waals surface area contributed by atoms with Gasteiger partial charge in [-0.05, 0) is 82.6 Å². The van der Waals surface area contributed by atoms with Crippen molar-refractivity contribution in [2.24, 2.45) is 5.73 Å². The molecule has 4 aromatic rings. The first-order valence-corrected chi connectivity index (χ1v) is 13.0. The summed E-state index contributed by atoms with van der Waals surface area (Å²) in [4.78, 5) is 29.8. The number of benzene rings is 3. The predicted molar refractivity (Wildman–Crippen MR) is 147 cm³/mol. The van der Waals surface area contributed by atoms with E-state index < -0.39 is 17.6 Å². The molecule has 1 aliphatic heterocycles. The van der Waals surface area contributed by atoms with Crippen LogP contribution >= 0.6 is 0 Å². The first-order valence-electron chi connectivity index (χ1n) is 13.0. The zero-order chi connectivity index (χ0) is 28.3. The third-order valence-corrected chi connectivity index (χ3v) is 7.23. The van der Waals surface area contributed by atoms with E-state index in [0.29, 0.717) is 31.5 Å². The van der Waals surface area contributed by atoms with Gasteiger partial charge in [0, 0.05) is 31.4 Å². The lowest BCUT2D eigenvalue weighted by Crippen LogP contribution is -2.44. The lowest BCUT2D eigenvalue weighted by atomic mass is 9.88. The average molecular weight is 547 g/mol. The molecule has 3 aromatic carbocycles. The number of primary amides is 1. The Morgan fingerprint density at radius 3 is 2.38 bits per heavy atom. The number of fused-ring (bicyclic) bond motifs is 1. The van der Waals surface area contributed by atoms with Crippen LogP contribution in [0.15, 0.2) is 85.1 Å². The Balaban J connectivity index is 1.44. The first-order chi connectivity index (χ1) is 19.2. The van der Waals surface area contributed by atoms with E-state index in [0.717, 1.165) is 45.6 Å². The van der Waals surface area contributed by atoms with Gasteiger partial charge >= 0.3 is 12.2 Å². The number of hydrogen-bond acceptors (Lipinski definition) is 2. The van der Waals surface area contributed by atoms with Crippen molar-refractivity contribution >= 4 is 11.9 Å². The number of hydrogen-bond donors (Lipinski definition) is 3. The largest absolute Gasteiger partial charge is 0.416 e. The molecule has 0 unspecified atom stereocenters. The molecule has 0 saturated carbocycles. The summed E-state index contributed by atoms with van der Waals surface area (Å²) in [5, 5.41) is 3.06. The quantitative estimate of drug-likeness (QED) is 0.249. The van der Waals surface area contributed by atoms with Crippen molar-refractivity contribution < 1.29 is 22.8 Å². The normalized spacial score (nSPS) is 13.9.